The Kier molecular flexibility index (Phi) is 8.75. The number of hydrogen-bond acceptors (Lipinski definition) is 4. The van der Waals surface area contributed by atoms with Crippen LogP contribution in [-0.2, 0) is 9.59 Å². The van der Waals surface area contributed by atoms with Crippen molar-refractivity contribution in [2.45, 2.75) is 39.2 Å². The molecule has 1 saturated heterocycles. The van der Waals surface area contributed by atoms with Crippen LogP contribution >= 0.6 is 11.6 Å². The number of ether oxygens (including phenoxy) is 1. The quantitative estimate of drug-likeness (QED) is 0.243. The summed E-state index contributed by atoms with van der Waals surface area (Å²) in [6.45, 7) is 5.81. The number of unbranched alkanes of at least 4 members (excludes halogenated alkanes) is 1. The number of carbonyl (C=O) groups is 2. The molecule has 2 aromatic rings. The van der Waals surface area contributed by atoms with Crippen molar-refractivity contribution >= 4 is 29.1 Å². The second kappa shape index (κ2) is 11.5. The van der Waals surface area contributed by atoms with E-state index >= 15 is 0 Å². The molecule has 1 aliphatic rings. The fourth-order valence-corrected chi connectivity index (χ4v) is 4.26. The van der Waals surface area contributed by atoms with E-state index in [-0.39, 0.29) is 5.57 Å². The summed E-state index contributed by atoms with van der Waals surface area (Å²) in [6, 6.07) is 11.4. The summed E-state index contributed by atoms with van der Waals surface area (Å²) in [4.78, 5) is 28.9. The van der Waals surface area contributed by atoms with Crippen LogP contribution in [-0.4, -0.2) is 50.4 Å². The number of quaternary nitrogens is 1. The molecule has 1 heterocycles. The van der Waals surface area contributed by atoms with Gasteiger partial charge in [-0.15, -0.1) is 0 Å². The minimum atomic E-state index is -0.734. The molecule has 6 nitrogen and oxygen atoms in total. The molecule has 3 rings (SSSR count). The first-order valence-electron chi connectivity index (χ1n) is 11.8. The Morgan fingerprint density at radius 1 is 1.12 bits per heavy atom. The second-order valence-corrected chi connectivity index (χ2v) is 9.45. The number of aryl methyl sites for hydroxylation is 1. The van der Waals surface area contributed by atoms with Crippen LogP contribution in [0.1, 0.15) is 48.9 Å². The lowest BCUT2D eigenvalue weighted by atomic mass is 9.94. The summed E-state index contributed by atoms with van der Waals surface area (Å²) in [5.41, 5.74) is 1.87. The van der Waals surface area contributed by atoms with Crippen molar-refractivity contribution in [2.24, 2.45) is 0 Å². The number of likely N-dealkylation sites (tertiary alicyclic amines) is 1. The number of hydrogen-bond donors (Lipinski definition) is 1. The molecule has 1 amide bonds. The summed E-state index contributed by atoms with van der Waals surface area (Å²) in [7, 11) is 4.07. The van der Waals surface area contributed by atoms with Crippen LogP contribution in [0.5, 0.6) is 5.75 Å². The van der Waals surface area contributed by atoms with Gasteiger partial charge in [0.2, 0.25) is 5.78 Å². The number of ketones is 1. The molecule has 1 unspecified atom stereocenters. The summed E-state index contributed by atoms with van der Waals surface area (Å²) < 4.78 is 5.80. The van der Waals surface area contributed by atoms with Crippen LogP contribution in [0.4, 0.5) is 0 Å². The molecule has 34 heavy (non-hydrogen) atoms. The number of rotatable bonds is 10. The summed E-state index contributed by atoms with van der Waals surface area (Å²) in [5.74, 6) is -1.08. The van der Waals surface area contributed by atoms with Crippen molar-refractivity contribution in [1.82, 2.24) is 4.90 Å². The standard InChI is InChI=1S/C27H33ClN2O4/c1-5-6-16-34-22-13-10-20(17-18(22)2)25(31)23-24(19-8-11-21(28)12-9-19)30(27(33)26(23)32)15-7-14-29(3)4/h8-13,17,24,31H,5-7,14-16H2,1-4H3. The fourth-order valence-electron chi connectivity index (χ4n) is 4.13. The Morgan fingerprint density at radius 2 is 1.82 bits per heavy atom. The maximum absolute atomic E-state index is 13.6. The highest BCUT2D eigenvalue weighted by Crippen LogP contribution is 2.39. The second-order valence-electron chi connectivity index (χ2n) is 9.02. The minimum Gasteiger partial charge on any atom is -0.872 e. The van der Waals surface area contributed by atoms with Crippen molar-refractivity contribution in [3.8, 4) is 5.75 Å². The van der Waals surface area contributed by atoms with Gasteiger partial charge < -0.3 is 19.6 Å². The van der Waals surface area contributed by atoms with E-state index in [0.29, 0.717) is 35.1 Å². The predicted molar refractivity (Wildman–Crippen MR) is 132 cm³/mol. The molecule has 0 aromatic heterocycles. The first-order chi connectivity index (χ1) is 16.2. The van der Waals surface area contributed by atoms with Crippen molar-refractivity contribution in [1.29, 1.82) is 0 Å². The van der Waals surface area contributed by atoms with Crippen LogP contribution in [0.2, 0.25) is 5.02 Å². The number of amides is 1. The molecule has 182 valence electrons. The molecule has 0 saturated carbocycles. The summed E-state index contributed by atoms with van der Waals surface area (Å²) >= 11 is 6.07. The van der Waals surface area contributed by atoms with Gasteiger partial charge in [0.15, 0.2) is 0 Å². The van der Waals surface area contributed by atoms with Gasteiger partial charge >= 0.3 is 0 Å². The van der Waals surface area contributed by atoms with Crippen LogP contribution in [0, 0.1) is 6.92 Å². The molecule has 7 heteroatoms. The van der Waals surface area contributed by atoms with Crippen molar-refractivity contribution in [3.05, 3.63) is 69.8 Å². The van der Waals surface area contributed by atoms with Crippen molar-refractivity contribution in [3.63, 3.8) is 0 Å². The lowest BCUT2D eigenvalue weighted by Gasteiger charge is -2.28. The predicted octanol–water partition coefficient (Wildman–Crippen LogP) is 2.59. The average molecular weight is 485 g/mol. The van der Waals surface area contributed by atoms with E-state index in [9.17, 15) is 14.7 Å². The minimum absolute atomic E-state index is 0.0106. The maximum Gasteiger partial charge on any atom is 0.295 e. The highest BCUT2D eigenvalue weighted by Gasteiger charge is 2.43. The summed E-state index contributed by atoms with van der Waals surface area (Å²) in [6.07, 6.45) is 2.70. The van der Waals surface area contributed by atoms with E-state index in [1.165, 1.54) is 9.80 Å². The molecule has 0 bridgehead atoms. The van der Waals surface area contributed by atoms with Gasteiger partial charge in [-0.3, -0.25) is 9.59 Å². The first-order valence-corrected chi connectivity index (χ1v) is 12.2. The highest BCUT2D eigenvalue weighted by atomic mass is 35.5. The monoisotopic (exact) mass is 484 g/mol. The molecule has 1 fully saturated rings. The molecule has 2 aromatic carbocycles. The van der Waals surface area contributed by atoms with Crippen LogP contribution in [0.25, 0.3) is 5.76 Å². The van der Waals surface area contributed by atoms with Gasteiger partial charge in [0.05, 0.1) is 33.3 Å². The number of benzene rings is 2. The molecule has 0 spiro atoms. The number of nitrogens with zero attached hydrogens (tertiary/aromatic N) is 1. The molecule has 1 aliphatic heterocycles. The molecular weight excluding hydrogens is 452 g/mol. The third-order valence-electron chi connectivity index (χ3n) is 5.98. The van der Waals surface area contributed by atoms with Gasteiger partial charge in [-0.25, -0.2) is 0 Å². The SMILES string of the molecule is CCCCOc1ccc(C([O-])=C2C(=O)C(=O)N(CCC[NH+](C)C)C2c2ccc(Cl)cc2)cc1C. The lowest BCUT2D eigenvalue weighted by Crippen LogP contribution is -3.05. The molecule has 1 atom stereocenters. The van der Waals surface area contributed by atoms with Crippen LogP contribution < -0.4 is 14.7 Å². The topological polar surface area (TPSA) is 74.1 Å². The Labute approximate surface area is 206 Å². The molecule has 0 aliphatic carbocycles. The number of halogens is 1. The largest absolute Gasteiger partial charge is 0.872 e. The van der Waals surface area contributed by atoms with Gasteiger partial charge in [-0.05, 0) is 54.3 Å². The fraction of sp³-hybridized carbons (Fsp3) is 0.407. The zero-order valence-corrected chi connectivity index (χ0v) is 21.1. The van der Waals surface area contributed by atoms with E-state index in [0.717, 1.165) is 31.4 Å². The number of carbonyl (C=O) groups excluding carboxylic acids is 2. The smallest absolute Gasteiger partial charge is 0.295 e. The lowest BCUT2D eigenvalue weighted by molar-refractivity contribution is -0.858. The Bertz CT molecular complexity index is 1060. The maximum atomic E-state index is 13.6. The number of nitrogens with one attached hydrogen (secondary N) is 1. The zero-order valence-electron chi connectivity index (χ0n) is 20.3. The highest BCUT2D eigenvalue weighted by molar-refractivity contribution is 6.46. The average Bonchev–Trinajstić information content (AvgIpc) is 3.05. The molecular formula is C27H33ClN2O4. The van der Waals surface area contributed by atoms with E-state index in [1.807, 2.05) is 21.0 Å². The van der Waals surface area contributed by atoms with Crippen LogP contribution in [0.15, 0.2) is 48.0 Å². The summed E-state index contributed by atoms with van der Waals surface area (Å²) in [5, 5.41) is 14.1. The first kappa shape index (κ1) is 25.8. The van der Waals surface area contributed by atoms with E-state index in [4.69, 9.17) is 16.3 Å². The van der Waals surface area contributed by atoms with Crippen LogP contribution in [0.3, 0.4) is 0 Å². The third kappa shape index (κ3) is 5.80. The Morgan fingerprint density at radius 3 is 2.44 bits per heavy atom. The van der Waals surface area contributed by atoms with E-state index < -0.39 is 23.5 Å². The number of Topliss-reactive ketones (excluding diaryl/α,β-unsaturated/α-hetero) is 1. The normalized spacial score (nSPS) is 17.6. The van der Waals surface area contributed by atoms with Gasteiger partial charge in [0.1, 0.15) is 5.75 Å². The van der Waals surface area contributed by atoms with Gasteiger partial charge in [0, 0.05) is 23.6 Å². The molecule has 1 N–H and O–H groups in total. The Balaban J connectivity index is 2.02. The zero-order chi connectivity index (χ0) is 24.8. The van der Waals surface area contributed by atoms with Gasteiger partial charge in [-0.1, -0.05) is 48.9 Å². The van der Waals surface area contributed by atoms with Gasteiger partial charge in [-0.2, -0.15) is 0 Å². The Hall–Kier alpha value is -2.83. The van der Waals surface area contributed by atoms with E-state index in [2.05, 4.69) is 6.92 Å². The van der Waals surface area contributed by atoms with Gasteiger partial charge in [0.25, 0.3) is 5.91 Å². The van der Waals surface area contributed by atoms with Crippen molar-refractivity contribution in [2.75, 3.05) is 33.8 Å². The van der Waals surface area contributed by atoms with Crippen molar-refractivity contribution < 1.29 is 24.3 Å². The van der Waals surface area contributed by atoms with E-state index in [1.54, 1.807) is 42.5 Å². The molecule has 0 radical (unpaired) electrons. The third-order valence-corrected chi connectivity index (χ3v) is 6.24.